The molecule has 9 heteroatoms. The minimum atomic E-state index is -3.63. The van der Waals surface area contributed by atoms with Crippen LogP contribution in [0.1, 0.15) is 35.2 Å². The number of amides is 2. The second kappa shape index (κ2) is 9.23. The van der Waals surface area contributed by atoms with Crippen LogP contribution < -0.4 is 10.0 Å². The van der Waals surface area contributed by atoms with Crippen LogP contribution >= 0.6 is 0 Å². The van der Waals surface area contributed by atoms with Gasteiger partial charge in [-0.1, -0.05) is 17.7 Å². The smallest absolute Gasteiger partial charge is 0.257 e. The molecule has 0 aliphatic carbocycles. The number of nitrogens with zero attached hydrogens (tertiary/aromatic N) is 1. The number of nitrogens with one attached hydrogen (secondary N) is 2. The maximum absolute atomic E-state index is 12.3. The van der Waals surface area contributed by atoms with Crippen molar-refractivity contribution in [1.29, 1.82) is 0 Å². The van der Waals surface area contributed by atoms with Gasteiger partial charge in [-0.25, -0.2) is 13.1 Å². The van der Waals surface area contributed by atoms with Gasteiger partial charge in [0.2, 0.25) is 15.9 Å². The summed E-state index contributed by atoms with van der Waals surface area (Å²) in [7, 11) is -3.63. The van der Waals surface area contributed by atoms with Crippen LogP contribution in [-0.2, 0) is 14.8 Å². The molecule has 29 heavy (non-hydrogen) atoms. The Hall–Kier alpha value is -2.65. The third-order valence-corrected chi connectivity index (χ3v) is 6.37. The lowest BCUT2D eigenvalue weighted by Gasteiger charge is -2.32. The van der Waals surface area contributed by atoms with Crippen LogP contribution in [0, 0.1) is 6.92 Å². The summed E-state index contributed by atoms with van der Waals surface area (Å²) in [6.07, 6.45) is 4.26. The van der Waals surface area contributed by atoms with Crippen LogP contribution in [0.4, 0.5) is 0 Å². The van der Waals surface area contributed by atoms with Crippen LogP contribution in [0.15, 0.2) is 52.2 Å². The predicted molar refractivity (Wildman–Crippen MR) is 107 cm³/mol. The van der Waals surface area contributed by atoms with Gasteiger partial charge < -0.3 is 14.6 Å². The summed E-state index contributed by atoms with van der Waals surface area (Å²) in [6, 6.07) is 8.14. The summed E-state index contributed by atoms with van der Waals surface area (Å²) in [5.74, 6) is -0.287. The molecule has 8 nitrogen and oxygen atoms in total. The van der Waals surface area contributed by atoms with E-state index in [0.29, 0.717) is 31.5 Å². The quantitative estimate of drug-likeness (QED) is 0.710. The third-order valence-electron chi connectivity index (χ3n) is 4.89. The van der Waals surface area contributed by atoms with Crippen molar-refractivity contribution in [3.05, 3.63) is 54.0 Å². The number of furan rings is 1. The summed E-state index contributed by atoms with van der Waals surface area (Å²) in [6.45, 7) is 3.01. The number of carbonyl (C=O) groups is 2. The van der Waals surface area contributed by atoms with Gasteiger partial charge in [0.15, 0.2) is 0 Å². The first-order valence-corrected chi connectivity index (χ1v) is 11.0. The van der Waals surface area contributed by atoms with Crippen molar-refractivity contribution in [2.45, 2.75) is 37.1 Å². The largest absolute Gasteiger partial charge is 0.472 e. The number of aryl methyl sites for hydroxylation is 1. The molecule has 2 aromatic rings. The van der Waals surface area contributed by atoms with E-state index in [9.17, 15) is 18.0 Å². The number of carbonyl (C=O) groups excluding carboxylic acids is 2. The van der Waals surface area contributed by atoms with E-state index < -0.39 is 10.0 Å². The van der Waals surface area contributed by atoms with Gasteiger partial charge >= 0.3 is 0 Å². The number of hydrogen-bond donors (Lipinski definition) is 2. The highest BCUT2D eigenvalue weighted by Crippen LogP contribution is 2.14. The molecule has 2 heterocycles. The Morgan fingerprint density at radius 1 is 1.14 bits per heavy atom. The molecular formula is C20H25N3O5S. The third kappa shape index (κ3) is 5.68. The second-order valence-electron chi connectivity index (χ2n) is 7.11. The van der Waals surface area contributed by atoms with Gasteiger partial charge in [-0.3, -0.25) is 9.59 Å². The molecule has 0 bridgehead atoms. The van der Waals surface area contributed by atoms with E-state index >= 15 is 0 Å². The van der Waals surface area contributed by atoms with E-state index in [1.54, 1.807) is 23.1 Å². The molecule has 0 spiro atoms. The zero-order chi connectivity index (χ0) is 20.9. The molecule has 0 atom stereocenters. The minimum absolute atomic E-state index is 0.0235. The lowest BCUT2D eigenvalue weighted by Crippen LogP contribution is -2.46. The van der Waals surface area contributed by atoms with Crippen LogP contribution in [0.5, 0.6) is 0 Å². The molecular weight excluding hydrogens is 394 g/mol. The van der Waals surface area contributed by atoms with Crippen molar-refractivity contribution >= 4 is 21.8 Å². The van der Waals surface area contributed by atoms with Gasteiger partial charge in [0.25, 0.3) is 5.91 Å². The van der Waals surface area contributed by atoms with E-state index in [1.165, 1.54) is 24.7 Å². The number of rotatable bonds is 7. The molecule has 156 valence electrons. The number of hydrogen-bond acceptors (Lipinski definition) is 5. The lowest BCUT2D eigenvalue weighted by molar-refractivity contribution is -0.121. The SMILES string of the molecule is Cc1ccc(S(=O)(=O)NCCC(=O)NC2CCN(C(=O)c3ccoc3)CC2)cc1. The molecule has 1 fully saturated rings. The maximum atomic E-state index is 12.3. The molecule has 1 aromatic heterocycles. The number of likely N-dealkylation sites (tertiary alicyclic amines) is 1. The second-order valence-corrected chi connectivity index (χ2v) is 8.87. The molecule has 2 N–H and O–H groups in total. The van der Waals surface area contributed by atoms with Gasteiger partial charge in [-0.05, 0) is 38.0 Å². The van der Waals surface area contributed by atoms with Crippen LogP contribution in [0.25, 0.3) is 0 Å². The van der Waals surface area contributed by atoms with Crippen molar-refractivity contribution in [1.82, 2.24) is 14.9 Å². The van der Waals surface area contributed by atoms with E-state index in [-0.39, 0.29) is 35.7 Å². The van der Waals surface area contributed by atoms with Crippen molar-refractivity contribution < 1.29 is 22.4 Å². The Morgan fingerprint density at radius 3 is 2.45 bits per heavy atom. The average Bonchev–Trinajstić information content (AvgIpc) is 3.23. The molecule has 0 unspecified atom stereocenters. The zero-order valence-electron chi connectivity index (χ0n) is 16.3. The topological polar surface area (TPSA) is 109 Å². The predicted octanol–water partition coefficient (Wildman–Crippen LogP) is 1.68. The van der Waals surface area contributed by atoms with Crippen molar-refractivity contribution in [2.75, 3.05) is 19.6 Å². The fourth-order valence-electron chi connectivity index (χ4n) is 3.20. The Labute approximate surface area is 170 Å². The first kappa shape index (κ1) is 21.1. The first-order valence-electron chi connectivity index (χ1n) is 9.52. The lowest BCUT2D eigenvalue weighted by atomic mass is 10.0. The van der Waals surface area contributed by atoms with Crippen LogP contribution in [-0.4, -0.2) is 50.8 Å². The molecule has 1 aliphatic rings. The number of sulfonamides is 1. The van der Waals surface area contributed by atoms with Gasteiger partial charge in [-0.2, -0.15) is 0 Å². The van der Waals surface area contributed by atoms with Crippen molar-refractivity contribution in [2.24, 2.45) is 0 Å². The number of benzene rings is 1. The van der Waals surface area contributed by atoms with Gasteiger partial charge in [0.05, 0.1) is 16.7 Å². The normalized spacial score (nSPS) is 15.3. The molecule has 1 aromatic carbocycles. The maximum Gasteiger partial charge on any atom is 0.257 e. The van der Waals surface area contributed by atoms with Crippen LogP contribution in [0.2, 0.25) is 0 Å². The van der Waals surface area contributed by atoms with E-state index in [4.69, 9.17) is 4.42 Å². The molecule has 3 rings (SSSR count). The molecule has 1 aliphatic heterocycles. The standard InChI is InChI=1S/C20H25N3O5S/c1-15-2-4-18(5-3-15)29(26,27)21-10-6-19(24)22-17-7-11-23(12-8-17)20(25)16-9-13-28-14-16/h2-5,9,13-14,17,21H,6-8,10-12H2,1H3,(H,22,24). The van der Waals surface area contributed by atoms with Gasteiger partial charge in [-0.15, -0.1) is 0 Å². The molecule has 0 radical (unpaired) electrons. The molecule has 1 saturated heterocycles. The van der Waals surface area contributed by atoms with Crippen molar-refractivity contribution in [3.63, 3.8) is 0 Å². The van der Waals surface area contributed by atoms with Crippen LogP contribution in [0.3, 0.4) is 0 Å². The highest BCUT2D eigenvalue weighted by molar-refractivity contribution is 7.89. The molecule has 0 saturated carbocycles. The molecule has 2 amide bonds. The van der Waals surface area contributed by atoms with Gasteiger partial charge in [0.1, 0.15) is 6.26 Å². The number of piperidine rings is 1. The summed E-state index contributed by atoms with van der Waals surface area (Å²) in [5, 5.41) is 2.92. The fourth-order valence-corrected chi connectivity index (χ4v) is 4.23. The average molecular weight is 420 g/mol. The summed E-state index contributed by atoms with van der Waals surface area (Å²) in [5.41, 5.74) is 1.49. The highest BCUT2D eigenvalue weighted by atomic mass is 32.2. The summed E-state index contributed by atoms with van der Waals surface area (Å²) >= 11 is 0. The van der Waals surface area contributed by atoms with Gasteiger partial charge in [0, 0.05) is 32.1 Å². The van der Waals surface area contributed by atoms with E-state index in [1.807, 2.05) is 6.92 Å². The highest BCUT2D eigenvalue weighted by Gasteiger charge is 2.25. The Bertz CT molecular complexity index is 931. The minimum Gasteiger partial charge on any atom is -0.472 e. The zero-order valence-corrected chi connectivity index (χ0v) is 17.1. The Balaban J connectivity index is 1.39. The summed E-state index contributed by atoms with van der Waals surface area (Å²) in [4.78, 5) is 26.3. The van der Waals surface area contributed by atoms with E-state index in [2.05, 4.69) is 10.0 Å². The monoisotopic (exact) mass is 419 g/mol. The Kier molecular flexibility index (Phi) is 6.71. The van der Waals surface area contributed by atoms with Crippen molar-refractivity contribution in [3.8, 4) is 0 Å². The van der Waals surface area contributed by atoms with E-state index in [0.717, 1.165) is 5.56 Å². The first-order chi connectivity index (χ1) is 13.8. The Morgan fingerprint density at radius 2 is 1.83 bits per heavy atom. The summed E-state index contributed by atoms with van der Waals surface area (Å²) < 4.78 is 31.8. The fraction of sp³-hybridized carbons (Fsp3) is 0.400.